The lowest BCUT2D eigenvalue weighted by atomic mass is 10.0. The van der Waals surface area contributed by atoms with Gasteiger partial charge in [0.1, 0.15) is 5.82 Å². The van der Waals surface area contributed by atoms with Crippen LogP contribution in [-0.4, -0.2) is 10.2 Å². The summed E-state index contributed by atoms with van der Waals surface area (Å²) in [7, 11) is 0. The fourth-order valence-corrected chi connectivity index (χ4v) is 1.48. The zero-order valence-corrected chi connectivity index (χ0v) is 8.37. The smallest absolute Gasteiger partial charge is 0.128 e. The number of H-pyrrole nitrogens is 1. The van der Waals surface area contributed by atoms with Crippen molar-refractivity contribution in [2.45, 2.75) is 13.0 Å². The second-order valence-corrected chi connectivity index (χ2v) is 3.51. The number of aromatic amines is 1. The predicted octanol–water partition coefficient (Wildman–Crippen LogP) is 2.24. The zero-order valence-electron chi connectivity index (χ0n) is 8.37. The summed E-state index contributed by atoms with van der Waals surface area (Å²) in [4.78, 5) is 0. The van der Waals surface area contributed by atoms with E-state index in [1.54, 1.807) is 25.4 Å². The molecule has 0 aliphatic carbocycles. The van der Waals surface area contributed by atoms with E-state index in [1.165, 1.54) is 6.07 Å². The fourth-order valence-electron chi connectivity index (χ4n) is 1.48. The van der Waals surface area contributed by atoms with Crippen LogP contribution < -0.4 is 5.73 Å². The first-order valence-corrected chi connectivity index (χ1v) is 4.72. The van der Waals surface area contributed by atoms with E-state index in [9.17, 15) is 4.39 Å². The van der Waals surface area contributed by atoms with Gasteiger partial charge in [0, 0.05) is 23.4 Å². The Bertz CT molecular complexity index is 449. The van der Waals surface area contributed by atoms with Crippen LogP contribution in [0.2, 0.25) is 0 Å². The normalized spacial score (nSPS) is 12.7. The quantitative estimate of drug-likeness (QED) is 0.789. The molecule has 0 saturated carbocycles. The van der Waals surface area contributed by atoms with Gasteiger partial charge >= 0.3 is 0 Å². The molecule has 78 valence electrons. The van der Waals surface area contributed by atoms with Crippen LogP contribution in [-0.2, 0) is 0 Å². The van der Waals surface area contributed by atoms with Crippen molar-refractivity contribution in [2.75, 3.05) is 0 Å². The van der Waals surface area contributed by atoms with Crippen molar-refractivity contribution < 1.29 is 4.39 Å². The van der Waals surface area contributed by atoms with Crippen LogP contribution in [0.4, 0.5) is 4.39 Å². The average molecular weight is 205 g/mol. The maximum absolute atomic E-state index is 13.6. The molecular formula is C11H12FN3. The summed E-state index contributed by atoms with van der Waals surface area (Å²) in [5.74, 6) is -0.274. The van der Waals surface area contributed by atoms with E-state index >= 15 is 0 Å². The van der Waals surface area contributed by atoms with Crippen LogP contribution in [0, 0.1) is 5.82 Å². The molecule has 0 aliphatic heterocycles. The Labute approximate surface area is 87.1 Å². The van der Waals surface area contributed by atoms with Crippen LogP contribution in [0.5, 0.6) is 0 Å². The van der Waals surface area contributed by atoms with Gasteiger partial charge in [0.2, 0.25) is 0 Å². The van der Waals surface area contributed by atoms with Gasteiger partial charge in [0.25, 0.3) is 0 Å². The standard InChI is InChI=1S/C11H12FN3/c1-7(13)10-3-2-8(4-11(10)12)9-5-14-15-6-9/h2-7H,13H2,1H3,(H,14,15)/t7-/m0/s1. The number of halogens is 1. The summed E-state index contributed by atoms with van der Waals surface area (Å²) >= 11 is 0. The number of nitrogens with two attached hydrogens (primary N) is 1. The first-order valence-electron chi connectivity index (χ1n) is 4.72. The zero-order chi connectivity index (χ0) is 10.8. The van der Waals surface area contributed by atoms with Crippen molar-refractivity contribution in [3.63, 3.8) is 0 Å². The lowest BCUT2D eigenvalue weighted by Crippen LogP contribution is -2.07. The van der Waals surface area contributed by atoms with Gasteiger partial charge in [-0.05, 0) is 18.6 Å². The molecule has 0 fully saturated rings. The first-order chi connectivity index (χ1) is 7.18. The van der Waals surface area contributed by atoms with Crippen LogP contribution in [0.3, 0.4) is 0 Å². The molecule has 3 N–H and O–H groups in total. The molecule has 1 aromatic carbocycles. The van der Waals surface area contributed by atoms with Gasteiger partial charge in [0.05, 0.1) is 6.20 Å². The summed E-state index contributed by atoms with van der Waals surface area (Å²) < 4.78 is 13.6. The molecule has 1 heterocycles. The van der Waals surface area contributed by atoms with Crippen LogP contribution in [0.25, 0.3) is 11.1 Å². The highest BCUT2D eigenvalue weighted by molar-refractivity contribution is 5.62. The van der Waals surface area contributed by atoms with Gasteiger partial charge in [-0.25, -0.2) is 4.39 Å². The predicted molar refractivity (Wildman–Crippen MR) is 56.6 cm³/mol. The average Bonchev–Trinajstić information content (AvgIpc) is 2.69. The Morgan fingerprint density at radius 3 is 2.73 bits per heavy atom. The summed E-state index contributed by atoms with van der Waals surface area (Å²) in [6, 6.07) is 4.74. The molecule has 0 amide bonds. The lowest BCUT2D eigenvalue weighted by Gasteiger charge is -2.07. The van der Waals surface area contributed by atoms with E-state index in [1.807, 2.05) is 6.07 Å². The number of nitrogens with zero attached hydrogens (tertiary/aromatic N) is 1. The Balaban J connectivity index is 2.42. The number of rotatable bonds is 2. The van der Waals surface area contributed by atoms with Crippen LogP contribution >= 0.6 is 0 Å². The van der Waals surface area contributed by atoms with Gasteiger partial charge in [-0.2, -0.15) is 5.10 Å². The molecule has 2 rings (SSSR count). The molecule has 0 bridgehead atoms. The van der Waals surface area contributed by atoms with E-state index in [4.69, 9.17) is 5.73 Å². The summed E-state index contributed by atoms with van der Waals surface area (Å²) in [5, 5.41) is 6.50. The topological polar surface area (TPSA) is 54.7 Å². The minimum absolute atomic E-state index is 0.274. The molecule has 0 radical (unpaired) electrons. The van der Waals surface area contributed by atoms with Crippen molar-refractivity contribution in [1.29, 1.82) is 0 Å². The fraction of sp³-hybridized carbons (Fsp3) is 0.182. The van der Waals surface area contributed by atoms with Gasteiger partial charge in [0.15, 0.2) is 0 Å². The van der Waals surface area contributed by atoms with E-state index in [-0.39, 0.29) is 11.9 Å². The third-order valence-corrected chi connectivity index (χ3v) is 2.32. The molecule has 0 aliphatic rings. The minimum Gasteiger partial charge on any atom is -0.324 e. The lowest BCUT2D eigenvalue weighted by molar-refractivity contribution is 0.594. The molecule has 1 aromatic heterocycles. The van der Waals surface area contributed by atoms with Crippen molar-refractivity contribution >= 4 is 0 Å². The van der Waals surface area contributed by atoms with Crippen molar-refractivity contribution in [1.82, 2.24) is 10.2 Å². The number of hydrogen-bond acceptors (Lipinski definition) is 2. The van der Waals surface area contributed by atoms with Crippen molar-refractivity contribution in [3.8, 4) is 11.1 Å². The van der Waals surface area contributed by atoms with E-state index in [0.29, 0.717) is 5.56 Å². The van der Waals surface area contributed by atoms with Crippen LogP contribution in [0.15, 0.2) is 30.6 Å². The number of aromatic nitrogens is 2. The molecular weight excluding hydrogens is 193 g/mol. The monoisotopic (exact) mass is 205 g/mol. The molecule has 0 saturated heterocycles. The Kier molecular flexibility index (Phi) is 2.51. The second kappa shape index (κ2) is 3.82. The molecule has 0 unspecified atom stereocenters. The first kappa shape index (κ1) is 9.86. The summed E-state index contributed by atoms with van der Waals surface area (Å²) in [6.45, 7) is 1.76. The molecule has 4 heteroatoms. The number of hydrogen-bond donors (Lipinski definition) is 2. The highest BCUT2D eigenvalue weighted by Crippen LogP contribution is 2.23. The third kappa shape index (κ3) is 1.89. The maximum atomic E-state index is 13.6. The van der Waals surface area contributed by atoms with Gasteiger partial charge in [-0.3, -0.25) is 5.10 Å². The van der Waals surface area contributed by atoms with Gasteiger partial charge in [-0.15, -0.1) is 0 Å². The highest BCUT2D eigenvalue weighted by Gasteiger charge is 2.08. The van der Waals surface area contributed by atoms with Gasteiger partial charge < -0.3 is 5.73 Å². The van der Waals surface area contributed by atoms with E-state index in [2.05, 4.69) is 10.2 Å². The second-order valence-electron chi connectivity index (χ2n) is 3.51. The summed E-state index contributed by atoms with van der Waals surface area (Å²) in [5.41, 5.74) is 7.82. The molecule has 0 spiro atoms. The highest BCUT2D eigenvalue weighted by atomic mass is 19.1. The Hall–Kier alpha value is -1.68. The maximum Gasteiger partial charge on any atom is 0.128 e. The third-order valence-electron chi connectivity index (χ3n) is 2.32. The Morgan fingerprint density at radius 1 is 1.40 bits per heavy atom. The minimum atomic E-state index is -0.289. The van der Waals surface area contributed by atoms with Crippen molar-refractivity contribution in [3.05, 3.63) is 42.0 Å². The molecule has 15 heavy (non-hydrogen) atoms. The molecule has 3 nitrogen and oxygen atoms in total. The molecule has 2 aromatic rings. The molecule has 1 atom stereocenters. The largest absolute Gasteiger partial charge is 0.324 e. The van der Waals surface area contributed by atoms with Gasteiger partial charge in [-0.1, -0.05) is 12.1 Å². The number of nitrogens with one attached hydrogen (secondary N) is 1. The van der Waals surface area contributed by atoms with Crippen molar-refractivity contribution in [2.24, 2.45) is 5.73 Å². The summed E-state index contributed by atoms with van der Waals surface area (Å²) in [6.07, 6.45) is 3.38. The SMILES string of the molecule is C[C@H](N)c1ccc(-c2cn[nH]c2)cc1F. The number of benzene rings is 1. The van der Waals surface area contributed by atoms with Crippen LogP contribution in [0.1, 0.15) is 18.5 Å². The Morgan fingerprint density at radius 2 is 2.20 bits per heavy atom. The van der Waals surface area contributed by atoms with E-state index < -0.39 is 0 Å². The van der Waals surface area contributed by atoms with E-state index in [0.717, 1.165) is 11.1 Å².